The fourth-order valence-electron chi connectivity index (χ4n) is 4.94. The van der Waals surface area contributed by atoms with Crippen molar-refractivity contribution in [3.05, 3.63) is 76.4 Å². The smallest absolute Gasteiger partial charge is 0.141 e. The van der Waals surface area contributed by atoms with E-state index in [-0.39, 0.29) is 17.2 Å². The van der Waals surface area contributed by atoms with Crippen LogP contribution in [0, 0.1) is 5.41 Å². The molecule has 2 aromatic carbocycles. The van der Waals surface area contributed by atoms with Crippen molar-refractivity contribution in [2.75, 3.05) is 30.1 Å². The maximum absolute atomic E-state index is 13.6. The first-order valence-corrected chi connectivity index (χ1v) is 13.3. The molecular formula is C28H32N2O4S. The van der Waals surface area contributed by atoms with Crippen LogP contribution in [-0.4, -0.2) is 28.8 Å². The van der Waals surface area contributed by atoms with Gasteiger partial charge in [-0.05, 0) is 54.5 Å². The zero-order valence-corrected chi connectivity index (χ0v) is 21.2. The Morgan fingerprint density at radius 1 is 1.20 bits per heavy atom. The zero-order valence-electron chi connectivity index (χ0n) is 20.4. The van der Waals surface area contributed by atoms with E-state index in [1.54, 1.807) is 19.2 Å². The molecule has 3 aliphatic rings. The van der Waals surface area contributed by atoms with Crippen molar-refractivity contribution in [3.63, 3.8) is 0 Å². The van der Waals surface area contributed by atoms with Crippen molar-refractivity contribution in [3.8, 4) is 17.2 Å². The van der Waals surface area contributed by atoms with Crippen LogP contribution >= 0.6 is 0 Å². The van der Waals surface area contributed by atoms with Gasteiger partial charge < -0.3 is 25.2 Å². The summed E-state index contributed by atoms with van der Waals surface area (Å²) in [6, 6.07) is 10.8. The van der Waals surface area contributed by atoms with Crippen LogP contribution in [0.5, 0.6) is 17.2 Å². The van der Waals surface area contributed by atoms with E-state index >= 15 is 0 Å². The number of aromatic hydroxyl groups is 1. The van der Waals surface area contributed by atoms with Crippen molar-refractivity contribution in [1.82, 2.24) is 0 Å². The number of hydrogen-bond donors (Lipinski definition) is 3. The van der Waals surface area contributed by atoms with E-state index in [0.717, 1.165) is 46.9 Å². The lowest BCUT2D eigenvalue weighted by Gasteiger charge is -2.34. The predicted molar refractivity (Wildman–Crippen MR) is 141 cm³/mol. The number of fused-ring (bicyclic) bond motifs is 1. The lowest BCUT2D eigenvalue weighted by Crippen LogP contribution is -2.32. The first-order chi connectivity index (χ1) is 16.8. The Labute approximate surface area is 209 Å². The normalized spacial score (nSPS) is 22.7. The van der Waals surface area contributed by atoms with Gasteiger partial charge in [-0.2, -0.15) is 0 Å². The van der Waals surface area contributed by atoms with Crippen molar-refractivity contribution < 1.29 is 18.8 Å². The van der Waals surface area contributed by atoms with Crippen LogP contribution in [0.4, 0.5) is 11.4 Å². The van der Waals surface area contributed by atoms with Crippen LogP contribution in [0.3, 0.4) is 0 Å². The van der Waals surface area contributed by atoms with Gasteiger partial charge >= 0.3 is 0 Å². The van der Waals surface area contributed by atoms with Crippen LogP contribution in [-0.2, 0) is 10.8 Å². The van der Waals surface area contributed by atoms with Crippen LogP contribution < -0.4 is 20.1 Å². The number of benzene rings is 2. The Hall–Kier alpha value is -3.19. The minimum Gasteiger partial charge on any atom is -0.506 e. The topological polar surface area (TPSA) is 79.8 Å². The number of anilines is 2. The lowest BCUT2D eigenvalue weighted by atomic mass is 9.88. The summed E-state index contributed by atoms with van der Waals surface area (Å²) < 4.78 is 25.4. The number of methoxy groups -OCH3 is 1. The van der Waals surface area contributed by atoms with Crippen molar-refractivity contribution >= 4 is 22.2 Å². The van der Waals surface area contributed by atoms with Gasteiger partial charge in [0.15, 0.2) is 0 Å². The van der Waals surface area contributed by atoms with Crippen LogP contribution in [0.1, 0.15) is 44.7 Å². The van der Waals surface area contributed by atoms with Gasteiger partial charge in [-0.1, -0.05) is 38.1 Å². The third-order valence-electron chi connectivity index (χ3n) is 6.59. The van der Waals surface area contributed by atoms with Crippen molar-refractivity contribution in [1.29, 1.82) is 0 Å². The number of phenols is 1. The van der Waals surface area contributed by atoms with Crippen LogP contribution in [0.15, 0.2) is 70.8 Å². The van der Waals surface area contributed by atoms with E-state index in [4.69, 9.17) is 9.47 Å². The summed E-state index contributed by atoms with van der Waals surface area (Å²) >= 11 is 0. The molecule has 7 heteroatoms. The fourth-order valence-corrected chi connectivity index (χ4v) is 6.76. The maximum atomic E-state index is 13.6. The second-order valence-electron chi connectivity index (χ2n) is 10.0. The highest BCUT2D eigenvalue weighted by Crippen LogP contribution is 2.48. The third kappa shape index (κ3) is 4.82. The van der Waals surface area contributed by atoms with Crippen molar-refractivity contribution in [2.45, 2.75) is 39.2 Å². The minimum atomic E-state index is -1.21. The van der Waals surface area contributed by atoms with E-state index in [2.05, 4.69) is 42.7 Å². The molecule has 0 amide bonds. The Bertz CT molecular complexity index is 1260. The van der Waals surface area contributed by atoms with Gasteiger partial charge in [0.25, 0.3) is 0 Å². The van der Waals surface area contributed by atoms with Gasteiger partial charge in [0.1, 0.15) is 29.5 Å². The first kappa shape index (κ1) is 23.5. The van der Waals surface area contributed by atoms with Crippen molar-refractivity contribution in [2.24, 2.45) is 5.41 Å². The van der Waals surface area contributed by atoms with E-state index in [9.17, 15) is 9.32 Å². The summed E-state index contributed by atoms with van der Waals surface area (Å²) in [5, 5.41) is 17.5. The molecule has 2 atom stereocenters. The van der Waals surface area contributed by atoms with E-state index in [1.807, 2.05) is 24.3 Å². The van der Waals surface area contributed by atoms with E-state index in [1.165, 1.54) is 5.57 Å². The Balaban J connectivity index is 1.54. The average molecular weight is 493 g/mol. The molecule has 0 saturated carbocycles. The largest absolute Gasteiger partial charge is 0.506 e. The molecule has 0 fully saturated rings. The summed E-state index contributed by atoms with van der Waals surface area (Å²) in [7, 11) is 0.425. The highest BCUT2D eigenvalue weighted by Gasteiger charge is 2.39. The first-order valence-electron chi connectivity index (χ1n) is 12.0. The molecule has 2 aromatic rings. The molecule has 0 radical (unpaired) electrons. The highest BCUT2D eigenvalue weighted by atomic mass is 32.2. The quantitative estimate of drug-likeness (QED) is 0.443. The van der Waals surface area contributed by atoms with Gasteiger partial charge in [-0.25, -0.2) is 0 Å². The van der Waals surface area contributed by atoms with Gasteiger partial charge in [-0.3, -0.25) is 4.21 Å². The maximum Gasteiger partial charge on any atom is 0.141 e. The van der Waals surface area contributed by atoms with E-state index < -0.39 is 10.8 Å². The molecule has 0 spiro atoms. The fraction of sp³-hybridized carbons (Fsp3) is 0.357. The van der Waals surface area contributed by atoms with Crippen LogP contribution in [0.25, 0.3) is 0 Å². The second-order valence-corrected chi connectivity index (χ2v) is 11.4. The molecule has 2 heterocycles. The van der Waals surface area contributed by atoms with Gasteiger partial charge in [0.2, 0.25) is 0 Å². The molecule has 0 aromatic heterocycles. The second kappa shape index (κ2) is 9.46. The number of allylic oxidation sites excluding steroid dienone is 3. The average Bonchev–Trinajstić information content (AvgIpc) is 3.00. The standard InChI is InChI=1S/C28H32N2O4S/c1-28(2)15-22-27(35(32)17-28)25(29-21-10-7-11-23(31)26(21)30-22)20-13-12-19(14-24(20)33-3)34-16-18-8-5-4-6-9-18/h5,7-14,25,29-31H,4,6,15-17H2,1-3H3. The summed E-state index contributed by atoms with van der Waals surface area (Å²) in [6.07, 6.45) is 9.33. The molecule has 0 bridgehead atoms. The number of phenolic OH excluding ortho intramolecular Hbond substituents is 1. The Morgan fingerprint density at radius 2 is 2.06 bits per heavy atom. The summed E-state index contributed by atoms with van der Waals surface area (Å²) in [6.45, 7) is 4.75. The number of ether oxygens (including phenoxy) is 2. The predicted octanol–water partition coefficient (Wildman–Crippen LogP) is 6.02. The summed E-state index contributed by atoms with van der Waals surface area (Å²) in [5.74, 6) is 2.10. The molecule has 35 heavy (non-hydrogen) atoms. The number of rotatable bonds is 5. The molecule has 0 saturated heterocycles. The minimum absolute atomic E-state index is 0.125. The molecule has 184 valence electrons. The summed E-state index contributed by atoms with van der Waals surface area (Å²) in [5.41, 5.74) is 4.15. The Kier molecular flexibility index (Phi) is 6.36. The molecule has 2 unspecified atom stereocenters. The SMILES string of the molecule is COc1cc(OCC2=CCCC=C2)ccc1C1Nc2cccc(O)c2NC2=C1S(=O)CC(C)(C)C2. The molecule has 1 aliphatic carbocycles. The monoisotopic (exact) mass is 492 g/mol. The van der Waals surface area contributed by atoms with Gasteiger partial charge in [-0.15, -0.1) is 0 Å². The van der Waals surface area contributed by atoms with E-state index in [0.29, 0.717) is 23.8 Å². The molecule has 3 N–H and O–H groups in total. The molecule has 6 nitrogen and oxygen atoms in total. The lowest BCUT2D eigenvalue weighted by molar-refractivity contribution is 0.348. The summed E-state index contributed by atoms with van der Waals surface area (Å²) in [4.78, 5) is 0.796. The number of hydrogen-bond acceptors (Lipinski definition) is 6. The molecular weight excluding hydrogens is 460 g/mol. The molecule has 5 rings (SSSR count). The highest BCUT2D eigenvalue weighted by molar-refractivity contribution is 7.89. The third-order valence-corrected chi connectivity index (χ3v) is 8.61. The van der Waals surface area contributed by atoms with Gasteiger partial charge in [0.05, 0.1) is 34.5 Å². The molecule has 2 aliphatic heterocycles. The van der Waals surface area contributed by atoms with Crippen LogP contribution in [0.2, 0.25) is 0 Å². The number of nitrogens with one attached hydrogen (secondary N) is 2. The Morgan fingerprint density at radius 3 is 2.83 bits per heavy atom. The number of para-hydroxylation sites is 1. The zero-order chi connectivity index (χ0) is 24.6. The van der Waals surface area contributed by atoms with Gasteiger partial charge in [0, 0.05) is 23.1 Å².